The van der Waals surface area contributed by atoms with Crippen LogP contribution < -0.4 is 21.7 Å². The van der Waals surface area contributed by atoms with Crippen LogP contribution in [-0.4, -0.2) is 63.2 Å². The first-order valence-electron chi connectivity index (χ1n) is 10.2. The standard InChI is InChI=1S/C21H30N4O7S/c1-10(2)17(25-19(30)14(22)8-12-4-6-13(26)7-5-12)20(31)23-11(3)18(29)24-15(21(32)33)9-16(27)28/h4-7,10-11,14-15,17,26H,8-9,22H2,1-3H3,(H,23,31)(H,24,29)(H,25,30)(H,27,28)(H,32,33)/t11-,14-,15-,17-/m0/s1. The molecule has 7 N–H and O–H groups in total. The van der Waals surface area contributed by atoms with E-state index in [-0.39, 0.29) is 18.1 Å². The van der Waals surface area contributed by atoms with Crippen molar-refractivity contribution in [2.75, 3.05) is 0 Å². The van der Waals surface area contributed by atoms with Crippen molar-refractivity contribution >= 4 is 41.4 Å². The highest BCUT2D eigenvalue weighted by Gasteiger charge is 2.30. The van der Waals surface area contributed by atoms with Crippen molar-refractivity contribution < 1.29 is 34.2 Å². The Morgan fingerprint density at radius 2 is 1.52 bits per heavy atom. The average molecular weight is 483 g/mol. The van der Waals surface area contributed by atoms with Gasteiger partial charge in [-0.25, -0.2) is 0 Å². The number of rotatable bonds is 12. The van der Waals surface area contributed by atoms with E-state index in [1.807, 2.05) is 0 Å². The fraction of sp³-hybridized carbons (Fsp3) is 0.476. The molecule has 0 saturated heterocycles. The van der Waals surface area contributed by atoms with Crippen LogP contribution in [0.15, 0.2) is 24.3 Å². The largest absolute Gasteiger partial charge is 0.508 e. The van der Waals surface area contributed by atoms with Crippen molar-refractivity contribution in [3.8, 4) is 5.75 Å². The second-order valence-electron chi connectivity index (χ2n) is 7.93. The van der Waals surface area contributed by atoms with Crippen molar-refractivity contribution in [2.45, 2.75) is 57.8 Å². The van der Waals surface area contributed by atoms with Crippen LogP contribution in [0.25, 0.3) is 0 Å². The maximum Gasteiger partial charge on any atom is 0.305 e. The molecule has 1 rings (SSSR count). The minimum Gasteiger partial charge on any atom is -0.508 e. The topological polar surface area (TPSA) is 188 Å². The Hall–Kier alpha value is -3.12. The van der Waals surface area contributed by atoms with E-state index in [4.69, 9.17) is 10.8 Å². The first-order chi connectivity index (χ1) is 15.3. The number of phenols is 1. The molecule has 0 bridgehead atoms. The molecular formula is C21H30N4O7S. The molecule has 0 aliphatic rings. The van der Waals surface area contributed by atoms with Gasteiger partial charge < -0.3 is 31.9 Å². The van der Waals surface area contributed by atoms with Gasteiger partial charge in [-0.1, -0.05) is 26.0 Å². The Balaban J connectivity index is 2.74. The number of carboxylic acid groups (broad SMARTS) is 1. The third kappa shape index (κ3) is 9.49. The summed E-state index contributed by atoms with van der Waals surface area (Å²) >= 11 is 3.56. The molecule has 0 saturated carbocycles. The Labute approximate surface area is 196 Å². The van der Waals surface area contributed by atoms with E-state index in [1.54, 1.807) is 26.0 Å². The summed E-state index contributed by atoms with van der Waals surface area (Å²) in [6, 6.07) is 1.77. The number of aromatic hydroxyl groups is 1. The quantitative estimate of drug-likeness (QED) is 0.191. The summed E-state index contributed by atoms with van der Waals surface area (Å²) in [5.74, 6) is -3.56. The van der Waals surface area contributed by atoms with Crippen LogP contribution in [-0.2, 0) is 30.4 Å². The zero-order valence-corrected chi connectivity index (χ0v) is 19.5. The van der Waals surface area contributed by atoms with Gasteiger partial charge in [-0.2, -0.15) is 0 Å². The Bertz CT molecular complexity index is 876. The van der Waals surface area contributed by atoms with E-state index >= 15 is 0 Å². The van der Waals surface area contributed by atoms with Gasteiger partial charge in [0.25, 0.3) is 0 Å². The summed E-state index contributed by atoms with van der Waals surface area (Å²) in [6.07, 6.45) is -0.474. The van der Waals surface area contributed by atoms with E-state index in [1.165, 1.54) is 19.1 Å². The lowest BCUT2D eigenvalue weighted by Crippen LogP contribution is -2.57. The summed E-state index contributed by atoms with van der Waals surface area (Å²) in [5.41, 5.74) is 6.67. The number of thiol groups is 1. The second kappa shape index (κ2) is 12.8. The van der Waals surface area contributed by atoms with Gasteiger partial charge in [-0.3, -0.25) is 24.0 Å². The van der Waals surface area contributed by atoms with Crippen LogP contribution >= 0.6 is 12.6 Å². The molecule has 0 aliphatic heterocycles. The monoisotopic (exact) mass is 482 g/mol. The zero-order valence-electron chi connectivity index (χ0n) is 18.6. The summed E-state index contributed by atoms with van der Waals surface area (Å²) in [5, 5.41) is 24.6. The normalized spacial score (nSPS) is 14.5. The molecular weight excluding hydrogens is 452 g/mol. The van der Waals surface area contributed by atoms with Crippen LogP contribution in [0.2, 0.25) is 0 Å². The molecule has 1 aromatic rings. The molecule has 0 heterocycles. The predicted octanol–water partition coefficient (Wildman–Crippen LogP) is -0.677. The molecule has 182 valence electrons. The summed E-state index contributed by atoms with van der Waals surface area (Å²) < 4.78 is 0. The molecule has 0 aliphatic carbocycles. The number of carbonyl (C=O) groups is 5. The minimum atomic E-state index is -1.35. The fourth-order valence-electron chi connectivity index (χ4n) is 2.81. The number of carbonyl (C=O) groups excluding carboxylic acids is 4. The van der Waals surface area contributed by atoms with Gasteiger partial charge >= 0.3 is 5.97 Å². The molecule has 0 fully saturated rings. The Kier molecular flexibility index (Phi) is 10.8. The van der Waals surface area contributed by atoms with Gasteiger partial charge in [-0.15, -0.1) is 12.6 Å². The Morgan fingerprint density at radius 3 is 2.00 bits per heavy atom. The molecule has 0 aromatic heterocycles. The predicted molar refractivity (Wildman–Crippen MR) is 122 cm³/mol. The highest BCUT2D eigenvalue weighted by molar-refractivity contribution is 7.96. The third-order valence-electron chi connectivity index (χ3n) is 4.72. The maximum absolute atomic E-state index is 12.7. The number of nitrogens with two attached hydrogens (primary N) is 1. The third-order valence-corrected chi connectivity index (χ3v) is 5.03. The maximum atomic E-state index is 12.7. The fourth-order valence-corrected chi connectivity index (χ4v) is 2.97. The number of amides is 3. The van der Waals surface area contributed by atoms with Crippen molar-refractivity contribution in [3.05, 3.63) is 29.8 Å². The van der Waals surface area contributed by atoms with Crippen molar-refractivity contribution in [2.24, 2.45) is 11.7 Å². The van der Waals surface area contributed by atoms with E-state index in [0.29, 0.717) is 0 Å². The van der Waals surface area contributed by atoms with Gasteiger partial charge in [0.05, 0.1) is 12.5 Å². The van der Waals surface area contributed by atoms with Crippen LogP contribution in [0.4, 0.5) is 0 Å². The summed E-state index contributed by atoms with van der Waals surface area (Å²) in [7, 11) is 0. The molecule has 33 heavy (non-hydrogen) atoms. The second-order valence-corrected chi connectivity index (χ2v) is 8.38. The SMILES string of the molecule is CC(C)[C@H](NC(=O)[C@@H](N)Cc1ccc(O)cc1)C(=O)N[C@@H](C)C(=O)N[C@@H](CC(=O)O)C(=O)S. The average Bonchev–Trinajstić information content (AvgIpc) is 2.71. The van der Waals surface area contributed by atoms with Crippen LogP contribution in [0.5, 0.6) is 5.75 Å². The van der Waals surface area contributed by atoms with E-state index in [0.717, 1.165) is 5.56 Å². The molecule has 0 radical (unpaired) electrons. The van der Waals surface area contributed by atoms with E-state index in [2.05, 4.69) is 28.6 Å². The zero-order chi connectivity index (χ0) is 25.3. The number of hydrogen-bond donors (Lipinski definition) is 7. The van der Waals surface area contributed by atoms with Crippen molar-refractivity contribution in [3.63, 3.8) is 0 Å². The van der Waals surface area contributed by atoms with Gasteiger partial charge in [0.2, 0.25) is 22.8 Å². The molecule has 0 spiro atoms. The number of aliphatic carboxylic acids is 1. The molecule has 11 nitrogen and oxygen atoms in total. The lowest BCUT2D eigenvalue weighted by atomic mass is 10.0. The molecule has 3 amide bonds. The number of nitrogens with one attached hydrogen (secondary N) is 3. The van der Waals surface area contributed by atoms with E-state index in [9.17, 15) is 29.1 Å². The van der Waals surface area contributed by atoms with Crippen molar-refractivity contribution in [1.82, 2.24) is 16.0 Å². The smallest absolute Gasteiger partial charge is 0.305 e. The van der Waals surface area contributed by atoms with E-state index < -0.39 is 59.4 Å². The number of benzene rings is 1. The minimum absolute atomic E-state index is 0.0829. The first kappa shape index (κ1) is 27.9. The summed E-state index contributed by atoms with van der Waals surface area (Å²) in [6.45, 7) is 4.75. The van der Waals surface area contributed by atoms with Gasteiger partial charge in [0.15, 0.2) is 0 Å². The molecule has 12 heteroatoms. The number of phenolic OH excluding ortho intramolecular Hbond substituents is 1. The lowest BCUT2D eigenvalue weighted by molar-refractivity contribution is -0.139. The number of carboxylic acids is 1. The van der Waals surface area contributed by atoms with Crippen LogP contribution in [0, 0.1) is 5.92 Å². The molecule has 4 atom stereocenters. The van der Waals surface area contributed by atoms with Gasteiger partial charge in [-0.05, 0) is 37.0 Å². The molecule has 1 aromatic carbocycles. The summed E-state index contributed by atoms with van der Waals surface area (Å²) in [4.78, 5) is 59.8. The highest BCUT2D eigenvalue weighted by Crippen LogP contribution is 2.11. The van der Waals surface area contributed by atoms with Crippen molar-refractivity contribution in [1.29, 1.82) is 0 Å². The van der Waals surface area contributed by atoms with Gasteiger partial charge in [0.1, 0.15) is 23.9 Å². The lowest BCUT2D eigenvalue weighted by Gasteiger charge is -2.25. The van der Waals surface area contributed by atoms with Crippen LogP contribution in [0.3, 0.4) is 0 Å². The highest BCUT2D eigenvalue weighted by atomic mass is 32.1. The van der Waals surface area contributed by atoms with Gasteiger partial charge in [0, 0.05) is 0 Å². The Morgan fingerprint density at radius 1 is 0.939 bits per heavy atom. The molecule has 0 unspecified atom stereocenters. The number of hydrogen-bond acceptors (Lipinski definition) is 7. The van der Waals surface area contributed by atoms with Crippen LogP contribution in [0.1, 0.15) is 32.8 Å². The first-order valence-corrected chi connectivity index (χ1v) is 10.7.